The maximum absolute atomic E-state index is 4.94. The number of nitrogens with zero attached hydrogens (tertiary/aromatic N) is 2. The number of hydrogen-bond donors (Lipinski definition) is 2. The predicted molar refractivity (Wildman–Crippen MR) is 57.9 cm³/mol. The topological polar surface area (TPSA) is 47.7 Å². The van der Waals surface area contributed by atoms with Crippen molar-refractivity contribution >= 4 is 12.2 Å². The number of aromatic amines is 2. The van der Waals surface area contributed by atoms with Gasteiger partial charge in [-0.1, -0.05) is 6.92 Å². The van der Waals surface area contributed by atoms with E-state index in [0.29, 0.717) is 10.7 Å². The molecular weight excluding hydrogens is 196 g/mol. The Balaban J connectivity index is 1.98. The van der Waals surface area contributed by atoms with Crippen LogP contribution in [0.3, 0.4) is 0 Å². The summed E-state index contributed by atoms with van der Waals surface area (Å²) in [5.74, 6) is 1.59. The van der Waals surface area contributed by atoms with Crippen molar-refractivity contribution in [3.63, 3.8) is 0 Å². The van der Waals surface area contributed by atoms with Crippen LogP contribution in [0.1, 0.15) is 31.5 Å². The molecule has 0 atom stereocenters. The molecule has 1 fully saturated rings. The molecule has 0 spiro atoms. The molecule has 0 aromatic carbocycles. The summed E-state index contributed by atoms with van der Waals surface area (Å²) in [6, 6.07) is 0. The van der Waals surface area contributed by atoms with Gasteiger partial charge in [-0.15, -0.1) is 0 Å². The molecule has 0 unspecified atom stereocenters. The predicted octanol–water partition coefficient (Wildman–Crippen LogP) is 1.67. The van der Waals surface area contributed by atoms with E-state index in [4.69, 9.17) is 12.2 Å². The zero-order valence-electron chi connectivity index (χ0n) is 8.42. The lowest BCUT2D eigenvalue weighted by atomic mass is 9.96. The first kappa shape index (κ1) is 9.86. The minimum absolute atomic E-state index is 0.561. The third-order valence-corrected chi connectivity index (χ3v) is 3.13. The van der Waals surface area contributed by atoms with Gasteiger partial charge < -0.3 is 4.90 Å². The van der Waals surface area contributed by atoms with Crippen molar-refractivity contribution in [1.82, 2.24) is 20.1 Å². The van der Waals surface area contributed by atoms with Crippen LogP contribution >= 0.6 is 12.2 Å². The Bertz CT molecular complexity index is 335. The van der Waals surface area contributed by atoms with Gasteiger partial charge in [0.1, 0.15) is 5.82 Å². The normalized spacial score (nSPS) is 20.1. The van der Waals surface area contributed by atoms with Gasteiger partial charge in [-0.3, -0.25) is 10.2 Å². The zero-order valence-corrected chi connectivity index (χ0v) is 9.23. The van der Waals surface area contributed by atoms with E-state index in [1.54, 1.807) is 0 Å². The highest BCUT2D eigenvalue weighted by molar-refractivity contribution is 7.71. The molecule has 2 rings (SSSR count). The average Bonchev–Trinajstić information content (AvgIpc) is 2.65. The molecule has 1 saturated heterocycles. The molecule has 2 heterocycles. The van der Waals surface area contributed by atoms with Crippen LogP contribution in [0, 0.1) is 4.77 Å². The molecule has 0 bridgehead atoms. The maximum Gasteiger partial charge on any atom is 0.213 e. The van der Waals surface area contributed by atoms with Crippen molar-refractivity contribution in [1.29, 1.82) is 0 Å². The van der Waals surface area contributed by atoms with E-state index >= 15 is 0 Å². The van der Waals surface area contributed by atoms with Gasteiger partial charge in [-0.2, -0.15) is 0 Å². The Morgan fingerprint density at radius 2 is 2.14 bits per heavy atom. The van der Waals surface area contributed by atoms with Crippen LogP contribution in [-0.2, 0) is 0 Å². The van der Waals surface area contributed by atoms with Crippen molar-refractivity contribution < 1.29 is 0 Å². The van der Waals surface area contributed by atoms with Gasteiger partial charge in [0.05, 0.1) is 0 Å². The molecule has 1 aromatic rings. The summed E-state index contributed by atoms with van der Waals surface area (Å²) >= 11 is 4.94. The molecule has 2 N–H and O–H groups in total. The zero-order chi connectivity index (χ0) is 9.97. The Hall–Kier alpha value is -0.680. The number of likely N-dealkylation sites (tertiary alicyclic amines) is 1. The van der Waals surface area contributed by atoms with Crippen molar-refractivity contribution in [2.24, 2.45) is 0 Å². The van der Waals surface area contributed by atoms with E-state index in [0.717, 1.165) is 12.4 Å². The van der Waals surface area contributed by atoms with Crippen LogP contribution in [0.25, 0.3) is 0 Å². The molecule has 1 aromatic heterocycles. The van der Waals surface area contributed by atoms with Crippen molar-refractivity contribution in [2.45, 2.75) is 25.7 Å². The highest BCUT2D eigenvalue weighted by atomic mass is 32.1. The molecule has 14 heavy (non-hydrogen) atoms. The monoisotopic (exact) mass is 212 g/mol. The van der Waals surface area contributed by atoms with Crippen LogP contribution < -0.4 is 0 Å². The molecule has 0 radical (unpaired) electrons. The summed E-state index contributed by atoms with van der Waals surface area (Å²) in [5, 5.41) is 5.91. The second-order valence-electron chi connectivity index (χ2n) is 3.76. The summed E-state index contributed by atoms with van der Waals surface area (Å²) in [7, 11) is 0. The molecule has 0 amide bonds. The lowest BCUT2D eigenvalue weighted by Crippen LogP contribution is -2.32. The third-order valence-electron chi connectivity index (χ3n) is 2.94. The maximum atomic E-state index is 4.94. The molecule has 5 heteroatoms. The van der Waals surface area contributed by atoms with Gasteiger partial charge >= 0.3 is 0 Å². The summed E-state index contributed by atoms with van der Waals surface area (Å²) in [4.78, 5) is 6.74. The first-order chi connectivity index (χ1) is 6.79. The first-order valence-electron chi connectivity index (χ1n) is 5.16. The highest BCUT2D eigenvalue weighted by Crippen LogP contribution is 2.24. The van der Waals surface area contributed by atoms with Crippen LogP contribution in [0.5, 0.6) is 0 Å². The van der Waals surface area contributed by atoms with Crippen molar-refractivity contribution in [3.05, 3.63) is 10.6 Å². The highest BCUT2D eigenvalue weighted by Gasteiger charge is 2.21. The summed E-state index contributed by atoms with van der Waals surface area (Å²) in [6.07, 6.45) is 2.37. The summed E-state index contributed by atoms with van der Waals surface area (Å²) < 4.78 is 0.568. The first-order valence-corrected chi connectivity index (χ1v) is 5.57. The lowest BCUT2D eigenvalue weighted by molar-refractivity contribution is 0.219. The molecule has 1 aliphatic rings. The fourth-order valence-corrected chi connectivity index (χ4v) is 2.15. The van der Waals surface area contributed by atoms with Crippen LogP contribution in [-0.4, -0.2) is 39.7 Å². The van der Waals surface area contributed by atoms with Gasteiger partial charge in [0, 0.05) is 5.92 Å². The lowest BCUT2D eigenvalue weighted by Gasteiger charge is -2.29. The number of rotatable bonds is 2. The summed E-state index contributed by atoms with van der Waals surface area (Å²) in [5.41, 5.74) is 0. The van der Waals surface area contributed by atoms with Crippen molar-refractivity contribution in [2.75, 3.05) is 19.6 Å². The van der Waals surface area contributed by atoms with E-state index in [2.05, 4.69) is 27.0 Å². The standard InChI is InChI=1S/C9H16N4S/c1-2-13-5-3-7(4-6-13)8-10-9(14)12-11-8/h7H,2-6H2,1H3,(H2,10,11,12,14). The Kier molecular flexibility index (Phi) is 2.98. The fraction of sp³-hybridized carbons (Fsp3) is 0.778. The molecular formula is C9H16N4S. The van der Waals surface area contributed by atoms with Gasteiger partial charge in [-0.25, -0.2) is 4.98 Å². The number of piperidine rings is 1. The van der Waals surface area contributed by atoms with Crippen molar-refractivity contribution in [3.8, 4) is 0 Å². The van der Waals surface area contributed by atoms with Gasteiger partial charge in [0.2, 0.25) is 4.77 Å². The molecule has 4 nitrogen and oxygen atoms in total. The average molecular weight is 212 g/mol. The van der Waals surface area contributed by atoms with E-state index in [1.807, 2.05) is 0 Å². The van der Waals surface area contributed by atoms with E-state index < -0.39 is 0 Å². The number of H-pyrrole nitrogens is 2. The van der Waals surface area contributed by atoms with E-state index in [-0.39, 0.29) is 0 Å². The molecule has 0 saturated carbocycles. The smallest absolute Gasteiger partial charge is 0.213 e. The van der Waals surface area contributed by atoms with Gasteiger partial charge in [-0.05, 0) is 44.7 Å². The largest absolute Gasteiger partial charge is 0.304 e. The molecule has 0 aliphatic carbocycles. The Labute approximate surface area is 88.7 Å². The van der Waals surface area contributed by atoms with E-state index in [9.17, 15) is 0 Å². The second-order valence-corrected chi connectivity index (χ2v) is 4.15. The second kappa shape index (κ2) is 4.23. The van der Waals surface area contributed by atoms with E-state index in [1.165, 1.54) is 25.9 Å². The quantitative estimate of drug-likeness (QED) is 0.733. The molecule has 1 aliphatic heterocycles. The van der Waals surface area contributed by atoms with Crippen LogP contribution in [0.15, 0.2) is 0 Å². The Morgan fingerprint density at radius 3 is 2.64 bits per heavy atom. The summed E-state index contributed by atoms with van der Waals surface area (Å²) in [6.45, 7) is 5.72. The Morgan fingerprint density at radius 1 is 1.43 bits per heavy atom. The molecule has 78 valence electrons. The van der Waals surface area contributed by atoms with Gasteiger partial charge in [0.25, 0.3) is 0 Å². The number of aromatic nitrogens is 3. The van der Waals surface area contributed by atoms with Crippen LogP contribution in [0.4, 0.5) is 0 Å². The van der Waals surface area contributed by atoms with Gasteiger partial charge in [0.15, 0.2) is 0 Å². The van der Waals surface area contributed by atoms with Crippen LogP contribution in [0.2, 0.25) is 0 Å². The minimum Gasteiger partial charge on any atom is -0.304 e. The number of nitrogens with one attached hydrogen (secondary N) is 2. The minimum atomic E-state index is 0.561. The third kappa shape index (κ3) is 2.04. The fourth-order valence-electron chi connectivity index (χ4n) is 2.00. The number of hydrogen-bond acceptors (Lipinski definition) is 3. The SMILES string of the molecule is CCN1CCC(c2nc(=S)[nH][nH]2)CC1.